The molecule has 1 saturated carbocycles. The molecule has 4 aromatic rings. The summed E-state index contributed by atoms with van der Waals surface area (Å²) in [4.78, 5) is 24.0. The van der Waals surface area contributed by atoms with Crippen molar-refractivity contribution in [3.63, 3.8) is 0 Å². The number of rotatable bonds is 10. The first kappa shape index (κ1) is 27.6. The van der Waals surface area contributed by atoms with E-state index in [0.29, 0.717) is 33.8 Å². The molecule has 41 heavy (non-hydrogen) atoms. The number of benzene rings is 2. The predicted octanol–water partition coefficient (Wildman–Crippen LogP) is 5.90. The lowest BCUT2D eigenvalue weighted by molar-refractivity contribution is -0.165. The van der Waals surface area contributed by atoms with Gasteiger partial charge < -0.3 is 19.3 Å². The van der Waals surface area contributed by atoms with Gasteiger partial charge in [-0.05, 0) is 30.0 Å². The summed E-state index contributed by atoms with van der Waals surface area (Å²) in [5.41, 5.74) is 8.08. The molecule has 0 bridgehead atoms. The number of hydrogen-bond donors (Lipinski definition) is 1. The van der Waals surface area contributed by atoms with Crippen molar-refractivity contribution in [3.05, 3.63) is 70.2 Å². The minimum Gasteiger partial charge on any atom is -0.493 e. The average molecular weight is 571 g/mol. The second-order valence-electron chi connectivity index (χ2n) is 9.24. The summed E-state index contributed by atoms with van der Waals surface area (Å²) < 4.78 is 70.6. The zero-order valence-corrected chi connectivity index (χ0v) is 21.4. The number of fused-ring (bicyclic) bond motifs is 1. The number of halogens is 4. The number of azide groups is 1. The van der Waals surface area contributed by atoms with Crippen LogP contribution in [0.15, 0.2) is 52.2 Å². The summed E-state index contributed by atoms with van der Waals surface area (Å²) >= 11 is 0. The van der Waals surface area contributed by atoms with Crippen molar-refractivity contribution in [2.75, 3.05) is 25.6 Å². The number of carbonyl (C=O) groups excluding carboxylic acids is 1. The Bertz CT molecular complexity index is 1660. The van der Waals surface area contributed by atoms with Gasteiger partial charge in [0, 0.05) is 28.7 Å². The van der Waals surface area contributed by atoms with Gasteiger partial charge in [0.2, 0.25) is 5.91 Å². The number of alkyl halides is 3. The Labute approximate surface area is 229 Å². The number of nitrogens with one attached hydrogen (secondary N) is 1. The maximum absolute atomic E-state index is 14.9. The number of anilines is 1. The van der Waals surface area contributed by atoms with Crippen LogP contribution in [-0.2, 0) is 16.6 Å². The Hall–Kier alpha value is -4.91. The first-order chi connectivity index (χ1) is 19.6. The van der Waals surface area contributed by atoms with Gasteiger partial charge in [-0.3, -0.25) is 9.78 Å². The van der Waals surface area contributed by atoms with E-state index < -0.39 is 23.3 Å². The van der Waals surface area contributed by atoms with Crippen molar-refractivity contribution in [2.45, 2.75) is 30.9 Å². The highest BCUT2D eigenvalue weighted by atomic mass is 19.4. The second kappa shape index (κ2) is 10.9. The molecule has 1 aliphatic carbocycles. The van der Waals surface area contributed by atoms with Crippen LogP contribution in [0.5, 0.6) is 11.5 Å². The molecule has 2 aromatic heterocycles. The van der Waals surface area contributed by atoms with Crippen LogP contribution < -0.4 is 14.8 Å². The van der Waals surface area contributed by atoms with E-state index in [9.17, 15) is 22.4 Å². The van der Waals surface area contributed by atoms with Crippen molar-refractivity contribution in [1.29, 1.82) is 0 Å². The Balaban J connectivity index is 1.28. The molecule has 2 aromatic carbocycles. The van der Waals surface area contributed by atoms with Crippen LogP contribution in [0, 0.1) is 5.82 Å². The molecule has 1 fully saturated rings. The number of nitrogens with zero attached hydrogens (tertiary/aromatic N) is 6. The monoisotopic (exact) mass is 571 g/mol. The van der Waals surface area contributed by atoms with Gasteiger partial charge in [0.05, 0.1) is 49.6 Å². The molecule has 11 nitrogen and oxygen atoms in total. The first-order valence-electron chi connectivity index (χ1n) is 12.2. The van der Waals surface area contributed by atoms with Crippen LogP contribution in [0.25, 0.3) is 32.7 Å². The number of carbonyl (C=O) groups is 1. The van der Waals surface area contributed by atoms with E-state index in [1.807, 2.05) is 0 Å². The number of hydrogen-bond acceptors (Lipinski definition) is 8. The zero-order chi connectivity index (χ0) is 29.2. The fraction of sp³-hybridized carbons (Fsp3) is 0.308. The number of methoxy groups -OCH3 is 1. The van der Waals surface area contributed by atoms with Crippen LogP contribution in [0.2, 0.25) is 0 Å². The van der Waals surface area contributed by atoms with Crippen LogP contribution in [-0.4, -0.2) is 47.5 Å². The average Bonchev–Trinajstić information content (AvgIpc) is 3.65. The van der Waals surface area contributed by atoms with Gasteiger partial charge in [0.25, 0.3) is 0 Å². The van der Waals surface area contributed by atoms with Crippen molar-refractivity contribution in [2.24, 2.45) is 5.11 Å². The van der Waals surface area contributed by atoms with Crippen LogP contribution in [0.4, 0.5) is 23.4 Å². The molecule has 0 radical (unpaired) electrons. The predicted molar refractivity (Wildman–Crippen MR) is 137 cm³/mol. The van der Waals surface area contributed by atoms with E-state index in [1.165, 1.54) is 25.4 Å². The molecule has 15 heteroatoms. The van der Waals surface area contributed by atoms with Crippen molar-refractivity contribution in [1.82, 2.24) is 15.1 Å². The minimum atomic E-state index is -4.48. The lowest BCUT2D eigenvalue weighted by Crippen LogP contribution is -2.28. The number of aromatic nitrogens is 3. The molecule has 212 valence electrons. The Kier molecular flexibility index (Phi) is 7.37. The van der Waals surface area contributed by atoms with E-state index in [-0.39, 0.29) is 49.6 Å². The largest absolute Gasteiger partial charge is 0.493 e. The fourth-order valence-electron chi connectivity index (χ4n) is 4.24. The van der Waals surface area contributed by atoms with Gasteiger partial charge in [-0.1, -0.05) is 22.4 Å². The lowest BCUT2D eigenvalue weighted by atomic mass is 10.0. The molecule has 0 aliphatic heterocycles. The quantitative estimate of drug-likeness (QED) is 0.0819. The third-order valence-corrected chi connectivity index (χ3v) is 6.58. The minimum absolute atomic E-state index is 0.0573. The summed E-state index contributed by atoms with van der Waals surface area (Å²) in [5, 5.41) is 9.26. The molecule has 1 amide bonds. The maximum atomic E-state index is 14.9. The van der Waals surface area contributed by atoms with Crippen molar-refractivity contribution < 1.29 is 36.4 Å². The summed E-state index contributed by atoms with van der Waals surface area (Å²) in [6.07, 6.45) is -3.63. The fourth-order valence-corrected chi connectivity index (χ4v) is 4.24. The highest BCUT2D eigenvalue weighted by molar-refractivity contribution is 5.91. The van der Waals surface area contributed by atoms with Gasteiger partial charge in [-0.15, -0.1) is 0 Å². The summed E-state index contributed by atoms with van der Waals surface area (Å²) in [6, 6.07) is 8.46. The van der Waals surface area contributed by atoms with Gasteiger partial charge in [-0.25, -0.2) is 9.37 Å². The van der Waals surface area contributed by atoms with E-state index in [4.69, 9.17) is 19.5 Å². The molecule has 0 unspecified atom stereocenters. The van der Waals surface area contributed by atoms with Gasteiger partial charge in [0.15, 0.2) is 23.1 Å². The summed E-state index contributed by atoms with van der Waals surface area (Å²) in [6.45, 7) is 0.273. The molecular formula is C26H21F4N7O4. The zero-order valence-electron chi connectivity index (χ0n) is 21.4. The topological polar surface area (TPSA) is 148 Å². The molecule has 0 saturated heterocycles. The maximum Gasteiger partial charge on any atom is 0.401 e. The van der Waals surface area contributed by atoms with Gasteiger partial charge in [0.1, 0.15) is 11.2 Å². The molecule has 0 atom stereocenters. The van der Waals surface area contributed by atoms with Gasteiger partial charge >= 0.3 is 6.18 Å². The van der Waals surface area contributed by atoms with Crippen LogP contribution in [0.1, 0.15) is 24.2 Å². The number of amides is 1. The highest BCUT2D eigenvalue weighted by Crippen LogP contribution is 2.59. The van der Waals surface area contributed by atoms with E-state index in [2.05, 4.69) is 30.5 Å². The molecule has 5 rings (SSSR count). The number of ether oxygens (including phenoxy) is 2. The first-order valence-corrected chi connectivity index (χ1v) is 12.2. The SMILES string of the molecule is COc1cc2nc(-c3ccc(CC(=O)Nc4cc(C5(C(F)(F)F)CC5)on4)c(F)c3)cnc2cc1OCCN=[N+]=[N-]. The normalized spacial score (nSPS) is 13.9. The van der Waals surface area contributed by atoms with E-state index in [1.54, 1.807) is 18.2 Å². The smallest absolute Gasteiger partial charge is 0.401 e. The second-order valence-corrected chi connectivity index (χ2v) is 9.24. The Morgan fingerprint density at radius 3 is 2.66 bits per heavy atom. The van der Waals surface area contributed by atoms with E-state index >= 15 is 0 Å². The van der Waals surface area contributed by atoms with Crippen molar-refractivity contribution in [3.8, 4) is 22.8 Å². The highest BCUT2D eigenvalue weighted by Gasteiger charge is 2.66. The lowest BCUT2D eigenvalue weighted by Gasteiger charge is -2.14. The molecule has 1 aliphatic rings. The van der Waals surface area contributed by atoms with E-state index in [0.717, 1.165) is 6.07 Å². The third kappa shape index (κ3) is 5.70. The van der Waals surface area contributed by atoms with Crippen molar-refractivity contribution >= 4 is 22.8 Å². The summed E-state index contributed by atoms with van der Waals surface area (Å²) in [7, 11) is 1.45. The Morgan fingerprint density at radius 1 is 1.20 bits per heavy atom. The molecular weight excluding hydrogens is 550 g/mol. The third-order valence-electron chi connectivity index (χ3n) is 6.58. The molecule has 0 spiro atoms. The molecule has 2 heterocycles. The molecule has 1 N–H and O–H groups in total. The summed E-state index contributed by atoms with van der Waals surface area (Å²) in [5.74, 6) is -1.14. The van der Waals surface area contributed by atoms with Crippen LogP contribution in [0.3, 0.4) is 0 Å². The van der Waals surface area contributed by atoms with Gasteiger partial charge in [-0.2, -0.15) is 13.2 Å². The van der Waals surface area contributed by atoms with Crippen LogP contribution >= 0.6 is 0 Å². The standard InChI is InChI=1S/C26H21F4N7O4/c1-39-20-11-18-17(10-21(20)40-7-6-33-37-31)32-13-19(34-18)15-3-2-14(16(27)8-15)9-24(38)35-23-12-22(41-36-23)25(4-5-25)26(28,29)30/h2-3,8,10-13H,4-7,9H2,1H3,(H,35,36,38). The Morgan fingerprint density at radius 2 is 1.98 bits per heavy atom.